The van der Waals surface area contributed by atoms with E-state index in [1.807, 2.05) is 6.92 Å². The number of benzene rings is 1. The Balaban J connectivity index is 0.00000264. The summed E-state index contributed by atoms with van der Waals surface area (Å²) in [5.41, 5.74) is 0.122. The van der Waals surface area contributed by atoms with E-state index in [0.29, 0.717) is 30.8 Å². The van der Waals surface area contributed by atoms with Crippen LogP contribution in [0.5, 0.6) is 0 Å². The average molecular weight is 343 g/mol. The molecule has 5 N–H and O–H groups in total. The molecule has 7 nitrogen and oxygen atoms in total. The summed E-state index contributed by atoms with van der Waals surface area (Å²) in [6.45, 7) is 3.79. The normalized spacial score (nSPS) is 19.6. The van der Waals surface area contributed by atoms with Crippen molar-refractivity contribution in [3.63, 3.8) is 0 Å². The third kappa shape index (κ3) is 5.70. The number of carbonyl (C=O) groups excluding carboxylic acids is 2. The van der Waals surface area contributed by atoms with Gasteiger partial charge in [-0.3, -0.25) is 4.79 Å². The van der Waals surface area contributed by atoms with Crippen LogP contribution in [0, 0.1) is 0 Å². The van der Waals surface area contributed by atoms with Crippen LogP contribution >= 0.6 is 12.4 Å². The third-order valence-electron chi connectivity index (χ3n) is 3.52. The van der Waals surface area contributed by atoms with Crippen molar-refractivity contribution in [3.05, 3.63) is 29.8 Å². The lowest BCUT2D eigenvalue weighted by atomic mass is 10.0. The molecule has 1 unspecified atom stereocenters. The van der Waals surface area contributed by atoms with Crippen LogP contribution in [0.15, 0.2) is 24.3 Å². The van der Waals surface area contributed by atoms with Crippen molar-refractivity contribution in [2.75, 3.05) is 31.5 Å². The molecule has 2 rings (SSSR count). The fraction of sp³-hybridized carbons (Fsp3) is 0.467. The number of β-amino-alcohol motifs (C(OH)–C–C–N with tert-alkyl or cyclic N) is 1. The Bertz CT molecular complexity index is 547. The number of aliphatic hydroxyl groups is 1. The number of nitrogens with one attached hydrogen (secondary N) is 4. The first kappa shape index (κ1) is 19.2. The van der Waals surface area contributed by atoms with Gasteiger partial charge in [-0.2, -0.15) is 0 Å². The predicted molar refractivity (Wildman–Crippen MR) is 91.2 cm³/mol. The zero-order valence-corrected chi connectivity index (χ0v) is 13.8. The summed E-state index contributed by atoms with van der Waals surface area (Å²) in [4.78, 5) is 23.6. The van der Waals surface area contributed by atoms with Crippen molar-refractivity contribution in [2.24, 2.45) is 0 Å². The van der Waals surface area contributed by atoms with E-state index in [1.165, 1.54) is 0 Å². The molecular formula is C15H23ClN4O3. The highest BCUT2D eigenvalue weighted by Gasteiger charge is 2.31. The Morgan fingerprint density at radius 2 is 2.13 bits per heavy atom. The molecule has 0 aromatic heterocycles. The zero-order chi connectivity index (χ0) is 16.0. The Labute approximate surface area is 141 Å². The summed E-state index contributed by atoms with van der Waals surface area (Å²) in [5.74, 6) is -0.183. The molecular weight excluding hydrogens is 320 g/mol. The number of anilines is 1. The molecule has 1 aromatic carbocycles. The second-order valence-corrected chi connectivity index (χ2v) is 5.40. The monoisotopic (exact) mass is 342 g/mol. The Morgan fingerprint density at radius 3 is 2.78 bits per heavy atom. The van der Waals surface area contributed by atoms with Gasteiger partial charge in [0, 0.05) is 30.9 Å². The number of hydrogen-bond acceptors (Lipinski definition) is 4. The van der Waals surface area contributed by atoms with E-state index in [9.17, 15) is 14.7 Å². The van der Waals surface area contributed by atoms with E-state index < -0.39 is 11.6 Å². The van der Waals surface area contributed by atoms with Crippen LogP contribution in [0.4, 0.5) is 10.5 Å². The first-order valence-electron chi connectivity index (χ1n) is 7.39. The van der Waals surface area contributed by atoms with E-state index in [1.54, 1.807) is 24.3 Å². The van der Waals surface area contributed by atoms with Crippen LogP contribution in [-0.2, 0) is 0 Å². The summed E-state index contributed by atoms with van der Waals surface area (Å²) in [7, 11) is 0. The first-order chi connectivity index (χ1) is 10.5. The van der Waals surface area contributed by atoms with Crippen molar-refractivity contribution in [1.82, 2.24) is 16.0 Å². The van der Waals surface area contributed by atoms with E-state index in [4.69, 9.17) is 0 Å². The van der Waals surface area contributed by atoms with Crippen LogP contribution in [0.3, 0.4) is 0 Å². The fourth-order valence-corrected chi connectivity index (χ4v) is 2.30. The van der Waals surface area contributed by atoms with Gasteiger partial charge in [0.25, 0.3) is 5.91 Å². The molecule has 8 heteroatoms. The lowest BCUT2D eigenvalue weighted by Gasteiger charge is -2.21. The van der Waals surface area contributed by atoms with Crippen molar-refractivity contribution < 1.29 is 14.7 Å². The van der Waals surface area contributed by atoms with Gasteiger partial charge in [0.2, 0.25) is 0 Å². The lowest BCUT2D eigenvalue weighted by molar-refractivity contribution is 0.0640. The van der Waals surface area contributed by atoms with E-state index in [0.717, 1.165) is 6.54 Å². The molecule has 1 fully saturated rings. The first-order valence-corrected chi connectivity index (χ1v) is 7.39. The van der Waals surface area contributed by atoms with E-state index in [2.05, 4.69) is 21.3 Å². The van der Waals surface area contributed by atoms with Crippen molar-refractivity contribution in [2.45, 2.75) is 18.9 Å². The van der Waals surface area contributed by atoms with E-state index >= 15 is 0 Å². The predicted octanol–water partition coefficient (Wildman–Crippen LogP) is 0.704. The van der Waals surface area contributed by atoms with Crippen molar-refractivity contribution in [1.29, 1.82) is 0 Å². The molecule has 23 heavy (non-hydrogen) atoms. The van der Waals surface area contributed by atoms with Gasteiger partial charge in [0.1, 0.15) is 0 Å². The minimum absolute atomic E-state index is 0. The maximum absolute atomic E-state index is 11.9. The van der Waals surface area contributed by atoms with Crippen LogP contribution in [0.25, 0.3) is 0 Å². The molecule has 1 aliphatic rings. The Kier molecular flexibility index (Phi) is 7.28. The summed E-state index contributed by atoms with van der Waals surface area (Å²) < 4.78 is 0. The molecule has 3 amide bonds. The highest BCUT2D eigenvalue weighted by Crippen LogP contribution is 2.13. The second kappa shape index (κ2) is 8.71. The number of hydrogen-bond donors (Lipinski definition) is 5. The van der Waals surface area contributed by atoms with Gasteiger partial charge in [0.15, 0.2) is 0 Å². The molecule has 1 aliphatic heterocycles. The Morgan fingerprint density at radius 1 is 1.35 bits per heavy atom. The largest absolute Gasteiger partial charge is 0.387 e. The molecule has 128 valence electrons. The van der Waals surface area contributed by atoms with Crippen molar-refractivity contribution in [3.8, 4) is 0 Å². The zero-order valence-electron chi connectivity index (χ0n) is 13.0. The maximum atomic E-state index is 11.9. The van der Waals surface area contributed by atoms with Crippen LogP contribution in [-0.4, -0.2) is 48.8 Å². The summed E-state index contributed by atoms with van der Waals surface area (Å²) in [6, 6.07) is 6.29. The minimum Gasteiger partial charge on any atom is -0.387 e. The second-order valence-electron chi connectivity index (χ2n) is 5.40. The minimum atomic E-state index is -0.889. The molecule has 0 radical (unpaired) electrons. The summed E-state index contributed by atoms with van der Waals surface area (Å²) in [5, 5.41) is 21.2. The van der Waals surface area contributed by atoms with Crippen LogP contribution in [0.2, 0.25) is 0 Å². The topological polar surface area (TPSA) is 102 Å². The molecule has 0 saturated carbocycles. The maximum Gasteiger partial charge on any atom is 0.319 e. The molecule has 0 bridgehead atoms. The van der Waals surface area contributed by atoms with Gasteiger partial charge in [-0.15, -0.1) is 12.4 Å². The van der Waals surface area contributed by atoms with Crippen LogP contribution < -0.4 is 21.3 Å². The van der Waals surface area contributed by atoms with Gasteiger partial charge in [0.05, 0.1) is 5.60 Å². The molecule has 1 atom stereocenters. The van der Waals surface area contributed by atoms with Gasteiger partial charge in [-0.25, -0.2) is 4.79 Å². The number of rotatable bonds is 5. The van der Waals surface area contributed by atoms with E-state index in [-0.39, 0.29) is 24.9 Å². The number of amides is 3. The number of halogens is 1. The molecule has 0 aliphatic carbocycles. The number of urea groups is 1. The average Bonchev–Trinajstić information content (AvgIpc) is 2.93. The molecule has 1 aromatic rings. The molecule has 1 saturated heterocycles. The van der Waals surface area contributed by atoms with Crippen molar-refractivity contribution >= 4 is 30.0 Å². The molecule has 1 heterocycles. The van der Waals surface area contributed by atoms with Gasteiger partial charge in [-0.05, 0) is 38.1 Å². The Hall–Kier alpha value is -1.83. The quantitative estimate of drug-likeness (QED) is 0.543. The van der Waals surface area contributed by atoms with Crippen LogP contribution in [0.1, 0.15) is 23.7 Å². The highest BCUT2D eigenvalue weighted by molar-refractivity contribution is 5.96. The fourth-order valence-electron chi connectivity index (χ4n) is 2.30. The summed E-state index contributed by atoms with van der Waals surface area (Å²) in [6.07, 6.45) is 0.611. The summed E-state index contributed by atoms with van der Waals surface area (Å²) >= 11 is 0. The highest BCUT2D eigenvalue weighted by atomic mass is 35.5. The van der Waals surface area contributed by atoms with Gasteiger partial charge >= 0.3 is 6.03 Å². The van der Waals surface area contributed by atoms with Gasteiger partial charge < -0.3 is 26.4 Å². The lowest BCUT2D eigenvalue weighted by Crippen LogP contribution is -2.45. The number of carbonyl (C=O) groups is 2. The van der Waals surface area contributed by atoms with Gasteiger partial charge in [-0.1, -0.05) is 6.07 Å². The standard InChI is InChI=1S/C15H22N4O3.ClH/c1-2-17-13(20)11-4-3-5-12(8-11)19-14(21)18-10-15(22)6-7-16-9-15;/h3-5,8,16,22H,2,6-7,9-10H2,1H3,(H,17,20)(H2,18,19,21);1H. The third-order valence-corrected chi connectivity index (χ3v) is 3.52. The smallest absolute Gasteiger partial charge is 0.319 e. The molecule has 0 spiro atoms. The SMILES string of the molecule is CCNC(=O)c1cccc(NC(=O)NCC2(O)CCNC2)c1.Cl.